The van der Waals surface area contributed by atoms with Gasteiger partial charge in [-0.15, -0.1) is 0 Å². The average Bonchev–Trinajstić information content (AvgIpc) is 3.13. The van der Waals surface area contributed by atoms with Crippen LogP contribution >= 0.6 is 0 Å². The van der Waals surface area contributed by atoms with Gasteiger partial charge in [-0.3, -0.25) is 0 Å². The Labute approximate surface area is 158 Å². The average molecular weight is 349 g/mol. The third-order valence-corrected chi connectivity index (χ3v) is 5.09. The van der Waals surface area contributed by atoms with Crippen molar-refractivity contribution < 1.29 is 4.42 Å². The highest BCUT2D eigenvalue weighted by molar-refractivity contribution is 6.12. The molecule has 130 valence electrons. The molecular weight excluding hydrogens is 330 g/mol. The predicted molar refractivity (Wildman–Crippen MR) is 114 cm³/mol. The summed E-state index contributed by atoms with van der Waals surface area (Å²) in [5.74, 6) is 0. The molecule has 0 fully saturated rings. The Hall–Kier alpha value is -3.52. The van der Waals surface area contributed by atoms with E-state index in [0.717, 1.165) is 38.9 Å². The van der Waals surface area contributed by atoms with Crippen LogP contribution in [0.3, 0.4) is 0 Å². The van der Waals surface area contributed by atoms with Gasteiger partial charge in [0.05, 0.1) is 5.69 Å². The van der Waals surface area contributed by atoms with Crippen molar-refractivity contribution in [2.24, 2.45) is 0 Å². The van der Waals surface area contributed by atoms with Gasteiger partial charge in [0.2, 0.25) is 0 Å². The summed E-state index contributed by atoms with van der Waals surface area (Å²) in [6.07, 6.45) is 0. The molecule has 1 aromatic heterocycles. The fourth-order valence-electron chi connectivity index (χ4n) is 3.71. The predicted octanol–water partition coefficient (Wildman–Crippen LogP) is 7.02. The quantitative estimate of drug-likeness (QED) is 0.348. The Kier molecular flexibility index (Phi) is 3.68. The molecule has 0 atom stereocenters. The number of anilines is 2. The minimum atomic E-state index is 0.919. The monoisotopic (exact) mass is 349 g/mol. The van der Waals surface area contributed by atoms with Gasteiger partial charge in [0.25, 0.3) is 0 Å². The number of hydrogen-bond acceptors (Lipinski definition) is 2. The number of furan rings is 1. The Balaban J connectivity index is 1.76. The zero-order valence-electron chi connectivity index (χ0n) is 15.1. The summed E-state index contributed by atoms with van der Waals surface area (Å²) in [5.41, 5.74) is 6.34. The summed E-state index contributed by atoms with van der Waals surface area (Å²) in [6, 6.07) is 33.5. The Morgan fingerprint density at radius 3 is 1.96 bits per heavy atom. The van der Waals surface area contributed by atoms with Crippen molar-refractivity contribution in [3.05, 3.63) is 97.1 Å². The van der Waals surface area contributed by atoms with Gasteiger partial charge in [-0.1, -0.05) is 78.9 Å². The first-order chi connectivity index (χ1) is 13.3. The second kappa shape index (κ2) is 6.33. The lowest BCUT2D eigenvalue weighted by Crippen LogP contribution is -2.09. The van der Waals surface area contributed by atoms with Crippen molar-refractivity contribution >= 4 is 33.3 Å². The van der Waals surface area contributed by atoms with E-state index in [0.29, 0.717) is 0 Å². The number of rotatable bonds is 3. The van der Waals surface area contributed by atoms with E-state index in [1.54, 1.807) is 0 Å². The van der Waals surface area contributed by atoms with E-state index in [1.807, 2.05) is 12.1 Å². The summed E-state index contributed by atoms with van der Waals surface area (Å²) >= 11 is 0. The molecule has 5 aromatic rings. The lowest BCUT2D eigenvalue weighted by molar-refractivity contribution is 0.669. The maximum absolute atomic E-state index is 6.47. The second-order valence-corrected chi connectivity index (χ2v) is 6.70. The van der Waals surface area contributed by atoms with Crippen LogP contribution < -0.4 is 4.90 Å². The highest BCUT2D eigenvalue weighted by Gasteiger charge is 2.16. The molecule has 4 aromatic carbocycles. The van der Waals surface area contributed by atoms with Gasteiger partial charge in [-0.2, -0.15) is 0 Å². The van der Waals surface area contributed by atoms with Crippen molar-refractivity contribution in [3.8, 4) is 11.1 Å². The zero-order valence-corrected chi connectivity index (χ0v) is 15.1. The fraction of sp³-hybridized carbons (Fsp3) is 0.0400. The molecule has 0 unspecified atom stereocenters. The van der Waals surface area contributed by atoms with Crippen molar-refractivity contribution in [1.29, 1.82) is 0 Å². The van der Waals surface area contributed by atoms with Gasteiger partial charge in [0.15, 0.2) is 5.58 Å². The van der Waals surface area contributed by atoms with Crippen LogP contribution in [-0.4, -0.2) is 7.05 Å². The lowest BCUT2D eigenvalue weighted by atomic mass is 10.0. The molecule has 0 radical (unpaired) electrons. The highest BCUT2D eigenvalue weighted by atomic mass is 16.3. The summed E-state index contributed by atoms with van der Waals surface area (Å²) in [5, 5.41) is 2.29. The van der Waals surface area contributed by atoms with E-state index in [9.17, 15) is 0 Å². The minimum Gasteiger partial charge on any atom is -0.453 e. The molecule has 0 bridgehead atoms. The van der Waals surface area contributed by atoms with E-state index in [4.69, 9.17) is 4.42 Å². The maximum atomic E-state index is 6.47. The van der Waals surface area contributed by atoms with Gasteiger partial charge in [-0.25, -0.2) is 0 Å². The first-order valence-electron chi connectivity index (χ1n) is 9.11. The zero-order chi connectivity index (χ0) is 18.2. The Morgan fingerprint density at radius 1 is 0.593 bits per heavy atom. The molecule has 0 spiro atoms. The number of para-hydroxylation sites is 3. The molecule has 5 rings (SSSR count). The van der Waals surface area contributed by atoms with Gasteiger partial charge in [0.1, 0.15) is 5.58 Å². The minimum absolute atomic E-state index is 0.919. The van der Waals surface area contributed by atoms with E-state index in [2.05, 4.69) is 96.9 Å². The summed E-state index contributed by atoms with van der Waals surface area (Å²) in [7, 11) is 2.08. The van der Waals surface area contributed by atoms with Crippen LogP contribution in [0.4, 0.5) is 11.4 Å². The van der Waals surface area contributed by atoms with Crippen LogP contribution in [0.5, 0.6) is 0 Å². The third kappa shape index (κ3) is 2.58. The first kappa shape index (κ1) is 15.7. The second-order valence-electron chi connectivity index (χ2n) is 6.70. The summed E-state index contributed by atoms with van der Waals surface area (Å²) < 4.78 is 6.47. The Bertz CT molecular complexity index is 1220. The smallest absolute Gasteiger partial charge is 0.159 e. The molecule has 1 heterocycles. The first-order valence-corrected chi connectivity index (χ1v) is 9.11. The molecule has 0 saturated heterocycles. The van der Waals surface area contributed by atoms with Gasteiger partial charge < -0.3 is 9.32 Å². The van der Waals surface area contributed by atoms with Crippen molar-refractivity contribution in [2.75, 3.05) is 11.9 Å². The maximum Gasteiger partial charge on any atom is 0.159 e. The molecule has 0 N–H and O–H groups in total. The van der Waals surface area contributed by atoms with Gasteiger partial charge in [0, 0.05) is 29.1 Å². The molecule has 0 saturated carbocycles. The molecule has 27 heavy (non-hydrogen) atoms. The van der Waals surface area contributed by atoms with E-state index < -0.39 is 0 Å². The van der Waals surface area contributed by atoms with Crippen LogP contribution in [0, 0.1) is 0 Å². The fourth-order valence-corrected chi connectivity index (χ4v) is 3.71. The number of benzene rings is 4. The van der Waals surface area contributed by atoms with Crippen molar-refractivity contribution in [2.45, 2.75) is 0 Å². The van der Waals surface area contributed by atoms with Crippen molar-refractivity contribution in [1.82, 2.24) is 0 Å². The Morgan fingerprint density at radius 2 is 1.22 bits per heavy atom. The number of nitrogens with zero attached hydrogens (tertiary/aromatic N) is 1. The van der Waals surface area contributed by atoms with E-state index >= 15 is 0 Å². The molecule has 0 aliphatic rings. The summed E-state index contributed by atoms with van der Waals surface area (Å²) in [6.45, 7) is 0. The molecule has 0 amide bonds. The van der Waals surface area contributed by atoms with Gasteiger partial charge in [-0.05, 0) is 23.8 Å². The molecular formula is C25H19NO. The highest BCUT2D eigenvalue weighted by Crippen LogP contribution is 2.40. The normalized spacial score (nSPS) is 11.1. The lowest BCUT2D eigenvalue weighted by Gasteiger charge is -2.19. The van der Waals surface area contributed by atoms with E-state index in [-0.39, 0.29) is 0 Å². The van der Waals surface area contributed by atoms with Crippen molar-refractivity contribution in [3.63, 3.8) is 0 Å². The van der Waals surface area contributed by atoms with E-state index in [1.165, 1.54) is 5.56 Å². The van der Waals surface area contributed by atoms with Crippen LogP contribution in [0.15, 0.2) is 101 Å². The van der Waals surface area contributed by atoms with Crippen LogP contribution in [0.25, 0.3) is 33.1 Å². The molecule has 0 aliphatic heterocycles. The van der Waals surface area contributed by atoms with Crippen LogP contribution in [0.1, 0.15) is 0 Å². The number of fused-ring (bicyclic) bond motifs is 3. The third-order valence-electron chi connectivity index (χ3n) is 5.09. The SMILES string of the molecule is CN(c1ccccc1)c1cccc2c1oc1c(-c3ccccc3)cccc12. The topological polar surface area (TPSA) is 16.4 Å². The molecule has 2 nitrogen and oxygen atoms in total. The largest absolute Gasteiger partial charge is 0.453 e. The van der Waals surface area contributed by atoms with Crippen LogP contribution in [0.2, 0.25) is 0 Å². The molecule has 2 heteroatoms. The molecule has 0 aliphatic carbocycles. The summed E-state index contributed by atoms with van der Waals surface area (Å²) in [4.78, 5) is 2.17. The standard InChI is InChI=1S/C25H19NO/c1-26(19-12-6-3-7-13-19)23-17-9-16-22-21-15-8-14-20(24(21)27-25(22)23)18-10-4-2-5-11-18/h2-17H,1H3. The van der Waals surface area contributed by atoms with Crippen LogP contribution in [-0.2, 0) is 0 Å². The van der Waals surface area contributed by atoms with Gasteiger partial charge >= 0.3 is 0 Å². The number of hydrogen-bond donors (Lipinski definition) is 0.